The molecule has 1 atom stereocenters. The maximum atomic E-state index is 12.9. The van der Waals surface area contributed by atoms with Crippen LogP contribution in [0, 0.1) is 5.92 Å². The molecule has 0 saturated carbocycles. The van der Waals surface area contributed by atoms with Crippen molar-refractivity contribution in [3.63, 3.8) is 0 Å². The number of nitrogens with zero attached hydrogens (tertiary/aromatic N) is 5. The first kappa shape index (κ1) is 24.5. The number of hydrogen-bond acceptors (Lipinski definition) is 6. The Hall–Kier alpha value is -3.16. The van der Waals surface area contributed by atoms with E-state index in [0.29, 0.717) is 26.2 Å². The van der Waals surface area contributed by atoms with Gasteiger partial charge in [-0.3, -0.25) is 9.59 Å². The summed E-state index contributed by atoms with van der Waals surface area (Å²) in [5.41, 5.74) is 1.78. The largest absolute Gasteiger partial charge is 0.497 e. The van der Waals surface area contributed by atoms with Gasteiger partial charge in [-0.1, -0.05) is 20.8 Å². The average Bonchev–Trinajstić information content (AvgIpc) is 2.86. The minimum atomic E-state index is -0.122. The number of aromatic nitrogens is 2. The van der Waals surface area contributed by atoms with Crippen molar-refractivity contribution in [2.24, 2.45) is 5.92 Å². The summed E-state index contributed by atoms with van der Waals surface area (Å²) in [6.07, 6.45) is 0.824. The van der Waals surface area contributed by atoms with E-state index in [1.807, 2.05) is 69.0 Å². The second-order valence-corrected chi connectivity index (χ2v) is 8.75. The van der Waals surface area contributed by atoms with E-state index in [-0.39, 0.29) is 30.3 Å². The molecule has 1 fully saturated rings. The van der Waals surface area contributed by atoms with E-state index < -0.39 is 0 Å². The fourth-order valence-corrected chi connectivity index (χ4v) is 3.84. The van der Waals surface area contributed by atoms with Crippen molar-refractivity contribution in [1.29, 1.82) is 0 Å². The highest BCUT2D eigenvalue weighted by atomic mass is 16.5. The summed E-state index contributed by atoms with van der Waals surface area (Å²) in [6, 6.07) is 11.7. The van der Waals surface area contributed by atoms with Gasteiger partial charge in [0.1, 0.15) is 5.75 Å². The van der Waals surface area contributed by atoms with Crippen molar-refractivity contribution >= 4 is 17.6 Å². The zero-order valence-electron chi connectivity index (χ0n) is 20.3. The molecule has 1 aromatic heterocycles. The van der Waals surface area contributed by atoms with Gasteiger partial charge in [-0.2, -0.15) is 0 Å². The number of rotatable bonds is 8. The van der Waals surface area contributed by atoms with E-state index in [9.17, 15) is 9.59 Å². The van der Waals surface area contributed by atoms with Crippen molar-refractivity contribution in [3.05, 3.63) is 36.4 Å². The molecule has 0 spiro atoms. The van der Waals surface area contributed by atoms with Gasteiger partial charge in [-0.25, -0.2) is 0 Å². The molecule has 8 nitrogen and oxygen atoms in total. The topological polar surface area (TPSA) is 78.9 Å². The molecule has 1 unspecified atom stereocenters. The molecule has 8 heteroatoms. The van der Waals surface area contributed by atoms with Gasteiger partial charge in [-0.15, -0.1) is 10.2 Å². The number of hydrogen-bond donors (Lipinski definition) is 0. The smallest absolute Gasteiger partial charge is 0.242 e. The number of amides is 2. The van der Waals surface area contributed by atoms with Crippen molar-refractivity contribution in [3.8, 4) is 17.0 Å². The molecule has 1 aliphatic heterocycles. The van der Waals surface area contributed by atoms with E-state index in [0.717, 1.165) is 29.2 Å². The number of anilines is 1. The Bertz CT molecular complexity index is 922. The number of carbonyl (C=O) groups is 2. The number of benzene rings is 1. The third kappa shape index (κ3) is 6.00. The summed E-state index contributed by atoms with van der Waals surface area (Å²) < 4.78 is 5.20. The second-order valence-electron chi connectivity index (χ2n) is 8.75. The highest BCUT2D eigenvalue weighted by molar-refractivity contribution is 5.86. The molecule has 0 radical (unpaired) electrons. The first-order valence-corrected chi connectivity index (χ1v) is 11.6. The van der Waals surface area contributed by atoms with Crippen LogP contribution in [0.5, 0.6) is 5.75 Å². The van der Waals surface area contributed by atoms with Crippen LogP contribution in [-0.2, 0) is 9.59 Å². The molecule has 0 bridgehead atoms. The van der Waals surface area contributed by atoms with Crippen molar-refractivity contribution in [1.82, 2.24) is 20.0 Å². The zero-order valence-corrected chi connectivity index (χ0v) is 20.3. The molecule has 33 heavy (non-hydrogen) atoms. The van der Waals surface area contributed by atoms with Gasteiger partial charge in [0.05, 0.1) is 19.3 Å². The van der Waals surface area contributed by atoms with E-state index in [2.05, 4.69) is 15.1 Å². The van der Waals surface area contributed by atoms with Gasteiger partial charge in [-0.05, 0) is 49.7 Å². The molecule has 178 valence electrons. The van der Waals surface area contributed by atoms with Gasteiger partial charge in [0, 0.05) is 43.7 Å². The summed E-state index contributed by atoms with van der Waals surface area (Å²) in [6.45, 7) is 10.5. The Morgan fingerprint density at radius 2 is 1.67 bits per heavy atom. The van der Waals surface area contributed by atoms with Gasteiger partial charge in [0.15, 0.2) is 5.82 Å². The van der Waals surface area contributed by atoms with Gasteiger partial charge < -0.3 is 19.4 Å². The lowest BCUT2D eigenvalue weighted by molar-refractivity contribution is -0.144. The molecule has 2 amide bonds. The third-order valence-electron chi connectivity index (χ3n) is 6.20. The standard InChI is InChI=1S/C25H35N5O3/c1-6-19(4)30(25(32)18(2)3)17-24(31)29-15-13-28(14-16-29)23-12-11-22(26-27-23)20-7-9-21(33-5)10-8-20/h7-12,18-19H,6,13-17H2,1-5H3. The van der Waals surface area contributed by atoms with Crippen LogP contribution in [0.25, 0.3) is 11.3 Å². The summed E-state index contributed by atoms with van der Waals surface area (Å²) >= 11 is 0. The van der Waals surface area contributed by atoms with Gasteiger partial charge >= 0.3 is 0 Å². The average molecular weight is 454 g/mol. The Balaban J connectivity index is 1.57. The molecule has 0 N–H and O–H groups in total. The normalized spacial score (nSPS) is 14.8. The van der Waals surface area contributed by atoms with Gasteiger partial charge in [0.25, 0.3) is 0 Å². The molecule has 1 saturated heterocycles. The van der Waals surface area contributed by atoms with Crippen LogP contribution in [0.4, 0.5) is 5.82 Å². The minimum absolute atomic E-state index is 0.00453. The van der Waals surface area contributed by atoms with Crippen LogP contribution in [0.15, 0.2) is 36.4 Å². The highest BCUT2D eigenvalue weighted by Gasteiger charge is 2.28. The van der Waals surface area contributed by atoms with Crippen LogP contribution in [0.1, 0.15) is 34.1 Å². The molecule has 3 rings (SSSR count). The van der Waals surface area contributed by atoms with Crippen molar-refractivity contribution in [2.45, 2.75) is 40.2 Å². The maximum absolute atomic E-state index is 12.9. The Morgan fingerprint density at radius 1 is 1.00 bits per heavy atom. The maximum Gasteiger partial charge on any atom is 0.242 e. The summed E-state index contributed by atoms with van der Waals surface area (Å²) in [5, 5.41) is 8.79. The summed E-state index contributed by atoms with van der Waals surface area (Å²) in [7, 11) is 1.64. The summed E-state index contributed by atoms with van der Waals surface area (Å²) in [4.78, 5) is 31.2. The fraction of sp³-hybridized carbons (Fsp3) is 0.520. The lowest BCUT2D eigenvalue weighted by Gasteiger charge is -2.37. The van der Waals surface area contributed by atoms with Crippen LogP contribution >= 0.6 is 0 Å². The molecule has 0 aliphatic carbocycles. The van der Waals surface area contributed by atoms with Crippen molar-refractivity contribution < 1.29 is 14.3 Å². The Labute approximate surface area is 196 Å². The lowest BCUT2D eigenvalue weighted by Crippen LogP contribution is -2.53. The number of ether oxygens (including phenoxy) is 1. The number of methoxy groups -OCH3 is 1. The fourth-order valence-electron chi connectivity index (χ4n) is 3.84. The summed E-state index contributed by atoms with van der Waals surface area (Å²) in [5.74, 6) is 1.52. The van der Waals surface area contributed by atoms with E-state index >= 15 is 0 Å². The van der Waals surface area contributed by atoms with E-state index in [1.165, 1.54) is 0 Å². The highest BCUT2D eigenvalue weighted by Crippen LogP contribution is 2.22. The number of piperazine rings is 1. The molecule has 1 aromatic carbocycles. The lowest BCUT2D eigenvalue weighted by atomic mass is 10.1. The predicted octanol–water partition coefficient (Wildman–Crippen LogP) is 3.08. The molecule has 2 heterocycles. The monoisotopic (exact) mass is 453 g/mol. The van der Waals surface area contributed by atoms with Crippen molar-refractivity contribution in [2.75, 3.05) is 44.7 Å². The van der Waals surface area contributed by atoms with E-state index in [4.69, 9.17) is 4.74 Å². The SMILES string of the molecule is CCC(C)N(CC(=O)N1CCN(c2ccc(-c3ccc(OC)cc3)nn2)CC1)C(=O)C(C)C. The number of carbonyl (C=O) groups excluding carboxylic acids is 2. The second kappa shape index (κ2) is 11.1. The van der Waals surface area contributed by atoms with Gasteiger partial charge in [0.2, 0.25) is 11.8 Å². The first-order valence-electron chi connectivity index (χ1n) is 11.6. The quantitative estimate of drug-likeness (QED) is 0.611. The van der Waals surface area contributed by atoms with Crippen LogP contribution < -0.4 is 9.64 Å². The molecular weight excluding hydrogens is 418 g/mol. The molecule has 1 aliphatic rings. The van der Waals surface area contributed by atoms with Crippen LogP contribution in [-0.4, -0.2) is 77.7 Å². The molecular formula is C25H35N5O3. The third-order valence-corrected chi connectivity index (χ3v) is 6.20. The van der Waals surface area contributed by atoms with Crippen LogP contribution in [0.3, 0.4) is 0 Å². The Morgan fingerprint density at radius 3 is 2.18 bits per heavy atom. The Kier molecular flexibility index (Phi) is 8.25. The van der Waals surface area contributed by atoms with E-state index in [1.54, 1.807) is 12.0 Å². The first-order chi connectivity index (χ1) is 15.8. The minimum Gasteiger partial charge on any atom is -0.497 e. The van der Waals surface area contributed by atoms with Crippen LogP contribution in [0.2, 0.25) is 0 Å². The predicted molar refractivity (Wildman–Crippen MR) is 129 cm³/mol. The zero-order chi connectivity index (χ0) is 24.0. The molecule has 2 aromatic rings.